The van der Waals surface area contributed by atoms with Crippen LogP contribution in [-0.2, 0) is 0 Å². The van der Waals surface area contributed by atoms with Gasteiger partial charge in [0.1, 0.15) is 0 Å². The average molecular weight is 226 g/mol. The van der Waals surface area contributed by atoms with Crippen LogP contribution in [0.4, 0.5) is 0 Å². The molecule has 4 unspecified atom stereocenters. The molecule has 2 rings (SSSR count). The molecule has 2 saturated heterocycles. The van der Waals surface area contributed by atoms with Gasteiger partial charge in [-0.05, 0) is 46.7 Å². The lowest BCUT2D eigenvalue weighted by Crippen LogP contribution is -2.51. The van der Waals surface area contributed by atoms with Crippen molar-refractivity contribution in [2.24, 2.45) is 0 Å². The molecule has 0 saturated carbocycles. The Morgan fingerprint density at radius 2 is 2.06 bits per heavy atom. The Bertz CT molecular complexity index is 222. The van der Waals surface area contributed by atoms with E-state index in [-0.39, 0.29) is 6.10 Å². The first-order chi connectivity index (χ1) is 7.59. The topological polar surface area (TPSA) is 26.7 Å². The molecular formula is C13H26N2O. The Balaban J connectivity index is 2.01. The van der Waals surface area contributed by atoms with E-state index in [2.05, 4.69) is 23.8 Å². The van der Waals surface area contributed by atoms with Crippen molar-refractivity contribution in [3.63, 3.8) is 0 Å². The normalized spacial score (nSPS) is 40.1. The quantitative estimate of drug-likeness (QED) is 0.769. The molecule has 0 aromatic carbocycles. The Morgan fingerprint density at radius 3 is 2.62 bits per heavy atom. The van der Waals surface area contributed by atoms with E-state index in [0.29, 0.717) is 18.1 Å². The standard InChI is InChI=1S/C13H26N2O/c1-10-8-12(9-14(10)3)15-7-5-4-6-13(15)11(2)16/h10-13,16H,4-9H2,1-3H3. The number of likely N-dealkylation sites (N-methyl/N-ethyl adjacent to an activating group) is 1. The lowest BCUT2D eigenvalue weighted by Gasteiger charge is -2.41. The molecule has 3 heteroatoms. The van der Waals surface area contributed by atoms with E-state index in [1.54, 1.807) is 0 Å². The van der Waals surface area contributed by atoms with Gasteiger partial charge in [-0.1, -0.05) is 6.42 Å². The van der Waals surface area contributed by atoms with E-state index in [9.17, 15) is 5.11 Å². The van der Waals surface area contributed by atoms with Crippen molar-refractivity contribution in [2.75, 3.05) is 20.1 Å². The fourth-order valence-electron chi connectivity index (χ4n) is 3.35. The number of hydrogen-bond donors (Lipinski definition) is 1. The molecule has 4 atom stereocenters. The summed E-state index contributed by atoms with van der Waals surface area (Å²) >= 11 is 0. The van der Waals surface area contributed by atoms with Crippen LogP contribution in [0.15, 0.2) is 0 Å². The highest BCUT2D eigenvalue weighted by Gasteiger charge is 2.36. The summed E-state index contributed by atoms with van der Waals surface area (Å²) in [4.78, 5) is 5.02. The molecule has 3 nitrogen and oxygen atoms in total. The van der Waals surface area contributed by atoms with Crippen LogP contribution in [0, 0.1) is 0 Å². The number of piperidine rings is 1. The third kappa shape index (κ3) is 2.41. The lowest BCUT2D eigenvalue weighted by molar-refractivity contribution is 0.0122. The Kier molecular flexibility index (Phi) is 3.88. The number of hydrogen-bond acceptors (Lipinski definition) is 3. The molecule has 94 valence electrons. The van der Waals surface area contributed by atoms with Gasteiger partial charge in [-0.25, -0.2) is 0 Å². The van der Waals surface area contributed by atoms with Crippen LogP contribution < -0.4 is 0 Å². The number of rotatable bonds is 2. The van der Waals surface area contributed by atoms with Gasteiger partial charge in [-0.2, -0.15) is 0 Å². The molecule has 0 radical (unpaired) electrons. The van der Waals surface area contributed by atoms with Crippen molar-refractivity contribution in [3.8, 4) is 0 Å². The third-order valence-corrected chi connectivity index (χ3v) is 4.48. The van der Waals surface area contributed by atoms with E-state index in [4.69, 9.17) is 0 Å². The van der Waals surface area contributed by atoms with Crippen LogP contribution >= 0.6 is 0 Å². The average Bonchev–Trinajstić information content (AvgIpc) is 2.59. The number of aliphatic hydroxyl groups excluding tert-OH is 1. The zero-order chi connectivity index (χ0) is 11.7. The number of aliphatic hydroxyl groups is 1. The van der Waals surface area contributed by atoms with E-state index in [1.807, 2.05) is 6.92 Å². The van der Waals surface area contributed by atoms with E-state index in [0.717, 1.165) is 0 Å². The molecule has 2 fully saturated rings. The first kappa shape index (κ1) is 12.3. The molecule has 0 aromatic heterocycles. The number of nitrogens with zero attached hydrogens (tertiary/aromatic N) is 2. The SMILES string of the molecule is CC(O)C1CCCCN1C1CC(C)N(C)C1. The van der Waals surface area contributed by atoms with Gasteiger partial charge >= 0.3 is 0 Å². The Morgan fingerprint density at radius 1 is 1.31 bits per heavy atom. The fraction of sp³-hybridized carbons (Fsp3) is 1.00. The van der Waals surface area contributed by atoms with Gasteiger partial charge in [0, 0.05) is 24.7 Å². The summed E-state index contributed by atoms with van der Waals surface area (Å²) in [6.07, 6.45) is 4.84. The Hall–Kier alpha value is -0.120. The van der Waals surface area contributed by atoms with Gasteiger partial charge in [0.15, 0.2) is 0 Å². The first-order valence-corrected chi connectivity index (χ1v) is 6.73. The summed E-state index contributed by atoms with van der Waals surface area (Å²) in [6.45, 7) is 6.61. The number of likely N-dealkylation sites (tertiary alicyclic amines) is 2. The molecule has 2 aliphatic heterocycles. The summed E-state index contributed by atoms with van der Waals surface area (Å²) in [5.74, 6) is 0. The van der Waals surface area contributed by atoms with Crippen LogP contribution in [0.25, 0.3) is 0 Å². The molecule has 0 spiro atoms. The minimum Gasteiger partial charge on any atom is -0.392 e. The van der Waals surface area contributed by atoms with Crippen LogP contribution in [0.3, 0.4) is 0 Å². The molecule has 2 heterocycles. The fourth-order valence-corrected chi connectivity index (χ4v) is 3.35. The van der Waals surface area contributed by atoms with Gasteiger partial charge in [-0.3, -0.25) is 4.90 Å². The molecule has 0 bridgehead atoms. The molecule has 0 aliphatic carbocycles. The van der Waals surface area contributed by atoms with E-state index < -0.39 is 0 Å². The zero-order valence-electron chi connectivity index (χ0n) is 10.9. The highest BCUT2D eigenvalue weighted by molar-refractivity contribution is 4.92. The summed E-state index contributed by atoms with van der Waals surface area (Å²) in [5, 5.41) is 9.88. The summed E-state index contributed by atoms with van der Waals surface area (Å²) in [7, 11) is 2.21. The second kappa shape index (κ2) is 5.03. The molecule has 0 amide bonds. The van der Waals surface area contributed by atoms with Crippen molar-refractivity contribution >= 4 is 0 Å². The highest BCUT2D eigenvalue weighted by Crippen LogP contribution is 2.28. The van der Waals surface area contributed by atoms with Gasteiger partial charge in [0.25, 0.3) is 0 Å². The predicted molar refractivity (Wildman–Crippen MR) is 66.5 cm³/mol. The summed E-state index contributed by atoms with van der Waals surface area (Å²) in [5.41, 5.74) is 0. The third-order valence-electron chi connectivity index (χ3n) is 4.48. The van der Waals surface area contributed by atoms with Crippen LogP contribution in [0.1, 0.15) is 39.5 Å². The molecule has 2 aliphatic rings. The maximum Gasteiger partial charge on any atom is 0.0667 e. The second-order valence-electron chi connectivity index (χ2n) is 5.72. The van der Waals surface area contributed by atoms with Gasteiger partial charge in [-0.15, -0.1) is 0 Å². The molecule has 0 aromatic rings. The monoisotopic (exact) mass is 226 g/mol. The van der Waals surface area contributed by atoms with Crippen LogP contribution in [0.2, 0.25) is 0 Å². The van der Waals surface area contributed by atoms with Crippen molar-refractivity contribution in [2.45, 2.75) is 63.8 Å². The minimum atomic E-state index is -0.179. The Labute approximate surface area is 99.4 Å². The van der Waals surface area contributed by atoms with Crippen LogP contribution in [0.5, 0.6) is 0 Å². The minimum absolute atomic E-state index is 0.179. The van der Waals surface area contributed by atoms with E-state index >= 15 is 0 Å². The van der Waals surface area contributed by atoms with Gasteiger partial charge in [0.05, 0.1) is 6.10 Å². The zero-order valence-corrected chi connectivity index (χ0v) is 10.9. The second-order valence-corrected chi connectivity index (χ2v) is 5.72. The molecular weight excluding hydrogens is 200 g/mol. The summed E-state index contributed by atoms with van der Waals surface area (Å²) in [6, 6.07) is 1.76. The van der Waals surface area contributed by atoms with E-state index in [1.165, 1.54) is 38.8 Å². The van der Waals surface area contributed by atoms with Gasteiger partial charge in [0.2, 0.25) is 0 Å². The predicted octanol–water partition coefficient (Wildman–Crippen LogP) is 1.31. The van der Waals surface area contributed by atoms with Crippen LogP contribution in [-0.4, -0.2) is 59.3 Å². The first-order valence-electron chi connectivity index (χ1n) is 6.73. The maximum absolute atomic E-state index is 9.88. The highest BCUT2D eigenvalue weighted by atomic mass is 16.3. The van der Waals surface area contributed by atoms with Crippen molar-refractivity contribution in [1.29, 1.82) is 0 Å². The lowest BCUT2D eigenvalue weighted by atomic mass is 9.95. The molecule has 1 N–H and O–H groups in total. The van der Waals surface area contributed by atoms with Crippen molar-refractivity contribution < 1.29 is 5.11 Å². The van der Waals surface area contributed by atoms with Gasteiger partial charge < -0.3 is 10.0 Å². The van der Waals surface area contributed by atoms with Crippen molar-refractivity contribution in [1.82, 2.24) is 9.80 Å². The summed E-state index contributed by atoms with van der Waals surface area (Å²) < 4.78 is 0. The largest absolute Gasteiger partial charge is 0.392 e. The maximum atomic E-state index is 9.88. The van der Waals surface area contributed by atoms with Crippen molar-refractivity contribution in [3.05, 3.63) is 0 Å². The smallest absolute Gasteiger partial charge is 0.0667 e. The molecule has 16 heavy (non-hydrogen) atoms.